The largest absolute Gasteiger partial charge is 0.312 e. The third kappa shape index (κ3) is 3.63. The zero-order valence-corrected chi connectivity index (χ0v) is 14.6. The highest BCUT2D eigenvalue weighted by molar-refractivity contribution is 7.09. The molecule has 0 aromatic carbocycles. The first-order valence-corrected chi connectivity index (χ1v) is 7.91. The third-order valence-corrected chi connectivity index (χ3v) is 4.46. The van der Waals surface area contributed by atoms with Crippen molar-refractivity contribution in [1.29, 1.82) is 0 Å². The molecule has 22 heavy (non-hydrogen) atoms. The summed E-state index contributed by atoms with van der Waals surface area (Å²) in [6.45, 7) is 5.80. The van der Waals surface area contributed by atoms with Crippen molar-refractivity contribution >= 4 is 34.8 Å². The molecule has 0 atom stereocenters. The molecule has 0 saturated heterocycles. The van der Waals surface area contributed by atoms with Gasteiger partial charge in [0, 0.05) is 49.2 Å². The maximum Gasteiger partial charge on any atom is 0.157 e. The third-order valence-electron chi connectivity index (χ3n) is 3.43. The molecule has 7 heteroatoms. The van der Waals surface area contributed by atoms with Gasteiger partial charge in [-0.3, -0.25) is 4.68 Å². The minimum atomic E-state index is 0. The fourth-order valence-electron chi connectivity index (χ4n) is 2.39. The van der Waals surface area contributed by atoms with Crippen LogP contribution >= 0.6 is 23.7 Å². The summed E-state index contributed by atoms with van der Waals surface area (Å²) in [4.78, 5) is 8.96. The molecule has 0 radical (unpaired) electrons. The van der Waals surface area contributed by atoms with Crippen molar-refractivity contribution in [3.05, 3.63) is 39.6 Å². The van der Waals surface area contributed by atoms with Crippen LogP contribution in [0.15, 0.2) is 17.6 Å². The lowest BCUT2D eigenvalue weighted by Crippen LogP contribution is -2.16. The van der Waals surface area contributed by atoms with E-state index in [-0.39, 0.29) is 12.4 Å². The van der Waals surface area contributed by atoms with Gasteiger partial charge in [-0.15, -0.1) is 23.7 Å². The van der Waals surface area contributed by atoms with Crippen molar-refractivity contribution in [2.45, 2.75) is 26.8 Å². The number of nitrogens with one attached hydrogen (secondary N) is 1. The maximum atomic E-state index is 4.49. The van der Waals surface area contributed by atoms with Gasteiger partial charge in [-0.05, 0) is 25.5 Å². The SMILES string of the molecule is Cc1csc(CCNCc2cnc3c(c2)c(C)nn3C)n1.Cl. The smallest absolute Gasteiger partial charge is 0.157 e. The van der Waals surface area contributed by atoms with E-state index in [1.807, 2.05) is 31.8 Å². The van der Waals surface area contributed by atoms with Gasteiger partial charge in [-0.25, -0.2) is 9.97 Å². The van der Waals surface area contributed by atoms with Gasteiger partial charge in [0.1, 0.15) is 0 Å². The van der Waals surface area contributed by atoms with E-state index in [0.717, 1.165) is 41.9 Å². The Morgan fingerprint density at radius 3 is 2.86 bits per heavy atom. The minimum absolute atomic E-state index is 0. The second-order valence-electron chi connectivity index (χ2n) is 5.23. The topological polar surface area (TPSA) is 55.6 Å². The molecule has 0 fully saturated rings. The molecule has 1 N–H and O–H groups in total. The van der Waals surface area contributed by atoms with Crippen molar-refractivity contribution in [3.8, 4) is 0 Å². The van der Waals surface area contributed by atoms with Crippen LogP contribution < -0.4 is 5.32 Å². The number of hydrogen-bond acceptors (Lipinski definition) is 5. The number of pyridine rings is 1. The van der Waals surface area contributed by atoms with Crippen molar-refractivity contribution in [2.75, 3.05) is 6.54 Å². The van der Waals surface area contributed by atoms with Gasteiger partial charge >= 0.3 is 0 Å². The van der Waals surface area contributed by atoms with Crippen molar-refractivity contribution in [2.24, 2.45) is 7.05 Å². The summed E-state index contributed by atoms with van der Waals surface area (Å²) in [5, 5.41) is 12.3. The van der Waals surface area contributed by atoms with Crippen molar-refractivity contribution < 1.29 is 0 Å². The molecular weight excluding hydrogens is 318 g/mol. The zero-order chi connectivity index (χ0) is 14.8. The van der Waals surface area contributed by atoms with E-state index in [2.05, 4.69) is 31.8 Å². The molecule has 0 bridgehead atoms. The van der Waals surface area contributed by atoms with Crippen LogP contribution in [0.4, 0.5) is 0 Å². The van der Waals surface area contributed by atoms with Gasteiger partial charge in [0.25, 0.3) is 0 Å². The molecule has 0 spiro atoms. The van der Waals surface area contributed by atoms with Crippen LogP contribution in [-0.2, 0) is 20.0 Å². The second kappa shape index (κ2) is 7.17. The van der Waals surface area contributed by atoms with Crippen LogP contribution in [0.2, 0.25) is 0 Å². The highest BCUT2D eigenvalue weighted by atomic mass is 35.5. The first-order valence-electron chi connectivity index (χ1n) is 7.03. The normalized spacial score (nSPS) is 10.9. The van der Waals surface area contributed by atoms with E-state index in [9.17, 15) is 0 Å². The average Bonchev–Trinajstić information content (AvgIpc) is 3.00. The van der Waals surface area contributed by atoms with E-state index >= 15 is 0 Å². The lowest BCUT2D eigenvalue weighted by molar-refractivity contribution is 0.683. The Balaban J connectivity index is 0.00000176. The lowest BCUT2D eigenvalue weighted by Gasteiger charge is -2.04. The molecule has 3 aromatic rings. The molecule has 5 nitrogen and oxygen atoms in total. The lowest BCUT2D eigenvalue weighted by atomic mass is 10.2. The number of hydrogen-bond donors (Lipinski definition) is 1. The van der Waals surface area contributed by atoms with Gasteiger partial charge < -0.3 is 5.32 Å². The van der Waals surface area contributed by atoms with Crippen LogP contribution in [0.1, 0.15) is 22.0 Å². The summed E-state index contributed by atoms with van der Waals surface area (Å²) < 4.78 is 1.83. The van der Waals surface area contributed by atoms with Crippen LogP contribution in [0.5, 0.6) is 0 Å². The summed E-state index contributed by atoms with van der Waals surface area (Å²) in [5.41, 5.74) is 4.26. The van der Waals surface area contributed by atoms with E-state index in [4.69, 9.17) is 0 Å². The summed E-state index contributed by atoms with van der Waals surface area (Å²) in [6, 6.07) is 2.17. The number of fused-ring (bicyclic) bond motifs is 1. The molecule has 0 aliphatic rings. The minimum Gasteiger partial charge on any atom is -0.312 e. The van der Waals surface area contributed by atoms with Gasteiger partial charge in [0.05, 0.1) is 10.7 Å². The first-order chi connectivity index (χ1) is 10.1. The standard InChI is InChI=1S/C15H19N5S.ClH/c1-10-9-21-14(18-10)4-5-16-7-12-6-13-11(2)19-20(3)15(13)17-8-12;/h6,8-9,16H,4-5,7H2,1-3H3;1H. The predicted molar refractivity (Wildman–Crippen MR) is 92.8 cm³/mol. The molecule has 3 rings (SSSR count). The molecule has 3 heterocycles. The van der Waals surface area contributed by atoms with E-state index in [1.165, 1.54) is 10.6 Å². The molecule has 0 saturated carbocycles. The molecule has 0 aliphatic carbocycles. The quantitative estimate of drug-likeness (QED) is 0.727. The Labute approximate surface area is 140 Å². The van der Waals surface area contributed by atoms with E-state index < -0.39 is 0 Å². The zero-order valence-electron chi connectivity index (χ0n) is 13.0. The molecule has 0 aliphatic heterocycles. The summed E-state index contributed by atoms with van der Waals surface area (Å²) in [7, 11) is 1.93. The van der Waals surface area contributed by atoms with Gasteiger partial charge in [0.2, 0.25) is 0 Å². The molecule has 118 valence electrons. The Hall–Kier alpha value is -1.50. The van der Waals surface area contributed by atoms with Crippen LogP contribution in [0.3, 0.4) is 0 Å². The number of aryl methyl sites for hydroxylation is 3. The number of rotatable bonds is 5. The monoisotopic (exact) mass is 337 g/mol. The Bertz CT molecular complexity index is 764. The Morgan fingerprint density at radius 1 is 1.32 bits per heavy atom. The summed E-state index contributed by atoms with van der Waals surface area (Å²) >= 11 is 1.73. The molecule has 0 unspecified atom stereocenters. The average molecular weight is 338 g/mol. The molecule has 0 amide bonds. The second-order valence-corrected chi connectivity index (χ2v) is 6.18. The van der Waals surface area contributed by atoms with Crippen LogP contribution in [0.25, 0.3) is 11.0 Å². The number of nitrogens with zero attached hydrogens (tertiary/aromatic N) is 4. The van der Waals surface area contributed by atoms with Crippen LogP contribution in [0, 0.1) is 13.8 Å². The maximum absolute atomic E-state index is 4.49. The highest BCUT2D eigenvalue weighted by Crippen LogP contribution is 2.16. The first kappa shape index (κ1) is 16.9. The van der Waals surface area contributed by atoms with Crippen molar-refractivity contribution in [1.82, 2.24) is 25.1 Å². The predicted octanol–water partition coefficient (Wildman–Crippen LogP) is 2.80. The Kier molecular flexibility index (Phi) is 5.50. The summed E-state index contributed by atoms with van der Waals surface area (Å²) in [5.74, 6) is 0. The number of halogens is 1. The van der Waals surface area contributed by atoms with E-state index in [1.54, 1.807) is 11.3 Å². The highest BCUT2D eigenvalue weighted by Gasteiger charge is 2.06. The van der Waals surface area contributed by atoms with Gasteiger partial charge in [-0.1, -0.05) is 0 Å². The van der Waals surface area contributed by atoms with Gasteiger partial charge in [-0.2, -0.15) is 5.10 Å². The van der Waals surface area contributed by atoms with Gasteiger partial charge in [0.15, 0.2) is 5.65 Å². The number of thiazole rings is 1. The summed E-state index contributed by atoms with van der Waals surface area (Å²) in [6.07, 6.45) is 2.89. The van der Waals surface area contributed by atoms with Crippen molar-refractivity contribution in [3.63, 3.8) is 0 Å². The van der Waals surface area contributed by atoms with E-state index in [0.29, 0.717) is 0 Å². The van der Waals surface area contributed by atoms with Crippen LogP contribution in [-0.4, -0.2) is 26.3 Å². The Morgan fingerprint density at radius 2 is 2.14 bits per heavy atom. The molecular formula is C15H20ClN5S. The fourth-order valence-corrected chi connectivity index (χ4v) is 3.17. The molecule has 3 aromatic heterocycles. The number of aromatic nitrogens is 4. The fraction of sp³-hybridized carbons (Fsp3) is 0.400.